The van der Waals surface area contributed by atoms with Crippen LogP contribution in [0.2, 0.25) is 0 Å². The van der Waals surface area contributed by atoms with Crippen LogP contribution >= 0.6 is 0 Å². The number of aromatic nitrogens is 2. The molecule has 0 saturated carbocycles. The van der Waals surface area contributed by atoms with Crippen LogP contribution in [-0.2, 0) is 6.54 Å². The van der Waals surface area contributed by atoms with Gasteiger partial charge in [0.15, 0.2) is 0 Å². The lowest BCUT2D eigenvalue weighted by Gasteiger charge is -2.20. The summed E-state index contributed by atoms with van der Waals surface area (Å²) in [6, 6.07) is -0.474. The van der Waals surface area contributed by atoms with E-state index in [0.29, 0.717) is 4.57 Å². The van der Waals surface area contributed by atoms with Crippen molar-refractivity contribution in [1.29, 1.82) is 0 Å². The lowest BCUT2D eigenvalue weighted by atomic mass is 10.5. The Morgan fingerprint density at radius 3 is 3.00 bits per heavy atom. The van der Waals surface area contributed by atoms with Crippen molar-refractivity contribution in [3.8, 4) is 0 Å². The Bertz CT molecular complexity index is 423. The van der Waals surface area contributed by atoms with Gasteiger partial charge < -0.3 is 15.3 Å². The number of carbonyl (C=O) groups is 1. The van der Waals surface area contributed by atoms with Crippen molar-refractivity contribution in [3.63, 3.8) is 0 Å². The highest BCUT2D eigenvalue weighted by atomic mass is 19.3. The Balaban J connectivity index is 2.57. The number of urea groups is 1. The van der Waals surface area contributed by atoms with Crippen molar-refractivity contribution in [2.75, 3.05) is 19.7 Å². The van der Waals surface area contributed by atoms with E-state index in [1.807, 2.05) is 0 Å². The number of nitrogens with one attached hydrogen (secondary N) is 1. The molecule has 0 aliphatic heterocycles. The topological polar surface area (TPSA) is 70.4 Å². The third-order valence-electron chi connectivity index (χ3n) is 2.36. The summed E-state index contributed by atoms with van der Waals surface area (Å²) in [5, 5.41) is 11.3. The van der Waals surface area contributed by atoms with Crippen LogP contribution in [0, 0.1) is 0 Å². The second-order valence-electron chi connectivity index (χ2n) is 3.65. The third kappa shape index (κ3) is 4.32. The molecule has 2 N–H and O–H groups in total. The average molecular weight is 274 g/mol. The molecule has 0 saturated heterocycles. The standard InChI is InChI=1S/C11H16F2N4O2/c1-2-4-16(6-7-18)11(19)15-8-9-14-3-5-17(9)10(12)13/h2-3,5,10,18H,1,4,6-8H2,(H,15,19). The molecule has 0 aromatic carbocycles. The van der Waals surface area contributed by atoms with Crippen LogP contribution < -0.4 is 5.32 Å². The van der Waals surface area contributed by atoms with Crippen LogP contribution in [0.5, 0.6) is 0 Å². The molecule has 8 heteroatoms. The van der Waals surface area contributed by atoms with Crippen LogP contribution in [0.4, 0.5) is 13.6 Å². The molecular formula is C11H16F2N4O2. The Morgan fingerprint density at radius 2 is 2.42 bits per heavy atom. The summed E-state index contributed by atoms with van der Waals surface area (Å²) in [5.74, 6) is 0.0610. The fraction of sp³-hybridized carbons (Fsp3) is 0.455. The van der Waals surface area contributed by atoms with Gasteiger partial charge in [-0.15, -0.1) is 6.58 Å². The number of aliphatic hydroxyl groups excluding tert-OH is 1. The molecule has 0 aliphatic carbocycles. The van der Waals surface area contributed by atoms with Crippen molar-refractivity contribution in [2.45, 2.75) is 13.1 Å². The summed E-state index contributed by atoms with van der Waals surface area (Å²) in [4.78, 5) is 16.8. The summed E-state index contributed by atoms with van der Waals surface area (Å²) in [6.45, 7) is 0.892. The van der Waals surface area contributed by atoms with Gasteiger partial charge in [-0.25, -0.2) is 9.78 Å². The predicted molar refractivity (Wildman–Crippen MR) is 64.6 cm³/mol. The molecule has 1 aromatic heterocycles. The molecule has 0 spiro atoms. The minimum absolute atomic E-state index is 0.0610. The molecule has 0 aliphatic rings. The minimum atomic E-state index is -2.70. The fourth-order valence-corrected chi connectivity index (χ4v) is 1.48. The smallest absolute Gasteiger partial charge is 0.319 e. The molecule has 106 valence electrons. The van der Waals surface area contributed by atoms with Gasteiger partial charge >= 0.3 is 12.6 Å². The van der Waals surface area contributed by atoms with Gasteiger partial charge in [-0.1, -0.05) is 6.08 Å². The largest absolute Gasteiger partial charge is 0.395 e. The minimum Gasteiger partial charge on any atom is -0.395 e. The van der Waals surface area contributed by atoms with Gasteiger partial charge in [0.1, 0.15) is 5.82 Å². The second kappa shape index (κ2) is 7.47. The van der Waals surface area contributed by atoms with Gasteiger partial charge in [0.05, 0.1) is 13.2 Å². The van der Waals surface area contributed by atoms with E-state index in [2.05, 4.69) is 16.9 Å². The zero-order chi connectivity index (χ0) is 14.3. The normalized spacial score (nSPS) is 10.5. The van der Waals surface area contributed by atoms with Gasteiger partial charge in [-0.05, 0) is 0 Å². The first-order valence-electron chi connectivity index (χ1n) is 5.64. The Morgan fingerprint density at radius 1 is 1.68 bits per heavy atom. The van der Waals surface area contributed by atoms with Gasteiger partial charge in [-0.2, -0.15) is 8.78 Å². The van der Waals surface area contributed by atoms with Crippen LogP contribution in [0.25, 0.3) is 0 Å². The molecular weight excluding hydrogens is 258 g/mol. The maximum atomic E-state index is 12.5. The number of rotatable bonds is 7. The molecule has 0 bridgehead atoms. The molecule has 2 amide bonds. The first kappa shape index (κ1) is 15.1. The zero-order valence-electron chi connectivity index (χ0n) is 10.3. The van der Waals surface area contributed by atoms with E-state index < -0.39 is 12.6 Å². The Labute approximate surface area is 109 Å². The van der Waals surface area contributed by atoms with Crippen molar-refractivity contribution in [2.24, 2.45) is 0 Å². The van der Waals surface area contributed by atoms with E-state index in [4.69, 9.17) is 5.11 Å². The first-order valence-corrected chi connectivity index (χ1v) is 5.64. The molecule has 1 aromatic rings. The first-order chi connectivity index (χ1) is 9.10. The maximum Gasteiger partial charge on any atom is 0.319 e. The molecule has 0 atom stereocenters. The SMILES string of the molecule is C=CCN(CCO)C(=O)NCc1nccn1C(F)F. The van der Waals surface area contributed by atoms with Gasteiger partial charge in [0, 0.05) is 25.5 Å². The van der Waals surface area contributed by atoms with Crippen LogP contribution in [0.15, 0.2) is 25.0 Å². The lowest BCUT2D eigenvalue weighted by molar-refractivity contribution is 0.0666. The van der Waals surface area contributed by atoms with Crippen molar-refractivity contribution >= 4 is 6.03 Å². The molecule has 0 radical (unpaired) electrons. The molecule has 1 rings (SSSR count). The van der Waals surface area contributed by atoms with Gasteiger partial charge in [-0.3, -0.25) is 4.57 Å². The zero-order valence-corrected chi connectivity index (χ0v) is 10.3. The number of hydrogen-bond donors (Lipinski definition) is 2. The molecule has 6 nitrogen and oxygen atoms in total. The molecule has 19 heavy (non-hydrogen) atoms. The van der Waals surface area contributed by atoms with E-state index in [1.54, 1.807) is 0 Å². The fourth-order valence-electron chi connectivity index (χ4n) is 1.48. The van der Waals surface area contributed by atoms with Crippen LogP contribution in [0.3, 0.4) is 0 Å². The lowest BCUT2D eigenvalue weighted by Crippen LogP contribution is -2.41. The number of alkyl halides is 2. The summed E-state index contributed by atoms with van der Waals surface area (Å²) < 4.78 is 25.7. The van der Waals surface area contributed by atoms with E-state index in [9.17, 15) is 13.6 Å². The highest BCUT2D eigenvalue weighted by molar-refractivity contribution is 5.74. The highest BCUT2D eigenvalue weighted by Crippen LogP contribution is 2.11. The molecule has 0 fully saturated rings. The highest BCUT2D eigenvalue weighted by Gasteiger charge is 2.14. The van der Waals surface area contributed by atoms with Gasteiger partial charge in [0.2, 0.25) is 0 Å². The van der Waals surface area contributed by atoms with E-state index >= 15 is 0 Å². The van der Waals surface area contributed by atoms with Crippen LogP contribution in [-0.4, -0.2) is 45.3 Å². The van der Waals surface area contributed by atoms with Crippen LogP contribution in [0.1, 0.15) is 12.4 Å². The maximum absolute atomic E-state index is 12.5. The molecule has 1 heterocycles. The quantitative estimate of drug-likeness (QED) is 0.728. The molecule has 0 unspecified atom stereocenters. The van der Waals surface area contributed by atoms with E-state index in [-0.39, 0.29) is 32.1 Å². The number of halogens is 2. The third-order valence-corrected chi connectivity index (χ3v) is 2.36. The summed E-state index contributed by atoms with van der Waals surface area (Å²) >= 11 is 0. The predicted octanol–water partition coefficient (Wildman–Crippen LogP) is 0.968. The number of nitrogens with zero attached hydrogens (tertiary/aromatic N) is 3. The summed E-state index contributed by atoms with van der Waals surface area (Å²) in [5.41, 5.74) is 0. The van der Waals surface area contributed by atoms with Crippen molar-refractivity contribution < 1.29 is 18.7 Å². The Hall–Kier alpha value is -1.96. The average Bonchev–Trinajstić information content (AvgIpc) is 2.84. The number of amides is 2. The van der Waals surface area contributed by atoms with Crippen molar-refractivity contribution in [3.05, 3.63) is 30.9 Å². The van der Waals surface area contributed by atoms with Crippen molar-refractivity contribution in [1.82, 2.24) is 19.8 Å². The van der Waals surface area contributed by atoms with E-state index in [1.165, 1.54) is 17.2 Å². The monoisotopic (exact) mass is 274 g/mol. The summed E-state index contributed by atoms with van der Waals surface area (Å²) in [6.07, 6.45) is 3.89. The number of aliphatic hydroxyl groups is 1. The Kier molecular flexibility index (Phi) is 5.94. The second-order valence-corrected chi connectivity index (χ2v) is 3.65. The summed E-state index contributed by atoms with van der Waals surface area (Å²) in [7, 11) is 0. The number of carbonyl (C=O) groups excluding carboxylic acids is 1. The number of imidazole rings is 1. The number of hydrogen-bond acceptors (Lipinski definition) is 3. The van der Waals surface area contributed by atoms with E-state index in [0.717, 1.165) is 6.20 Å². The van der Waals surface area contributed by atoms with Gasteiger partial charge in [0.25, 0.3) is 0 Å².